The van der Waals surface area contributed by atoms with Gasteiger partial charge in [-0.3, -0.25) is 14.4 Å². The third kappa shape index (κ3) is 5.21. The molecule has 206 valence electrons. The molecule has 1 aliphatic rings. The number of anilines is 1. The van der Waals surface area contributed by atoms with Crippen LogP contribution in [0.4, 0.5) is 10.1 Å². The van der Waals surface area contributed by atoms with E-state index in [1.165, 1.54) is 12.1 Å². The number of nitrogens with one attached hydrogen (secondary N) is 2. The van der Waals surface area contributed by atoms with E-state index >= 15 is 0 Å². The highest BCUT2D eigenvalue weighted by atomic mass is 19.1. The van der Waals surface area contributed by atoms with Crippen LogP contribution < -0.4 is 15.5 Å². The van der Waals surface area contributed by atoms with Crippen molar-refractivity contribution in [3.8, 4) is 22.5 Å². The molecule has 1 fully saturated rings. The molecule has 1 aliphatic heterocycles. The lowest BCUT2D eigenvalue weighted by molar-refractivity contribution is -0.119. The second kappa shape index (κ2) is 11.3. The standard InChI is InChI=1S/C32H32FN3O4/c1-4-27(37)30-25-16-24(20-8-7-9-21(14-20)32(39)35-23-15-29(38)34-18-23)26(36(5-2)6-3)17-28(25)40-31(30)19-10-12-22(33)13-11-19/h7-14,16-17,23H,4-6,15,18H2,1-3H3,(H,34,38)(H,35,39). The topological polar surface area (TPSA) is 91.7 Å². The van der Waals surface area contributed by atoms with Crippen molar-refractivity contribution in [3.63, 3.8) is 0 Å². The fourth-order valence-corrected chi connectivity index (χ4v) is 5.25. The van der Waals surface area contributed by atoms with Crippen LogP contribution in [0.1, 0.15) is 54.3 Å². The summed E-state index contributed by atoms with van der Waals surface area (Å²) in [5, 5.41) is 6.34. The minimum absolute atomic E-state index is 0.0752. The third-order valence-electron chi connectivity index (χ3n) is 7.37. The number of benzene rings is 3. The molecule has 1 aromatic heterocycles. The number of hydrogen-bond acceptors (Lipinski definition) is 5. The number of halogens is 1. The maximum absolute atomic E-state index is 13.7. The Morgan fingerprint density at radius 2 is 1.77 bits per heavy atom. The Morgan fingerprint density at radius 3 is 2.42 bits per heavy atom. The summed E-state index contributed by atoms with van der Waals surface area (Å²) in [7, 11) is 0. The van der Waals surface area contributed by atoms with Gasteiger partial charge in [0, 0.05) is 66.3 Å². The van der Waals surface area contributed by atoms with Crippen molar-refractivity contribution in [3.05, 3.63) is 77.6 Å². The molecule has 2 amide bonds. The summed E-state index contributed by atoms with van der Waals surface area (Å²) in [6.45, 7) is 7.83. The summed E-state index contributed by atoms with van der Waals surface area (Å²) in [4.78, 5) is 40.0. The van der Waals surface area contributed by atoms with Gasteiger partial charge in [-0.1, -0.05) is 19.1 Å². The van der Waals surface area contributed by atoms with Crippen LogP contribution in [0.3, 0.4) is 0 Å². The van der Waals surface area contributed by atoms with Crippen molar-refractivity contribution in [2.45, 2.75) is 39.7 Å². The average molecular weight is 542 g/mol. The number of amides is 2. The maximum atomic E-state index is 13.7. The number of hydrogen-bond donors (Lipinski definition) is 2. The summed E-state index contributed by atoms with van der Waals surface area (Å²) >= 11 is 0. The zero-order valence-electron chi connectivity index (χ0n) is 22.8. The lowest BCUT2D eigenvalue weighted by Crippen LogP contribution is -2.36. The number of rotatable bonds is 9. The van der Waals surface area contributed by atoms with Gasteiger partial charge in [-0.15, -0.1) is 0 Å². The van der Waals surface area contributed by atoms with Crippen molar-refractivity contribution in [2.75, 3.05) is 24.5 Å². The highest BCUT2D eigenvalue weighted by Crippen LogP contribution is 2.41. The summed E-state index contributed by atoms with van der Waals surface area (Å²) < 4.78 is 20.0. The van der Waals surface area contributed by atoms with Crippen LogP contribution in [0.5, 0.6) is 0 Å². The SMILES string of the molecule is CCC(=O)c1c(-c2ccc(F)cc2)oc2cc(N(CC)CC)c(-c3cccc(C(=O)NC4CNC(=O)C4)c3)cc12. The molecule has 4 aromatic rings. The first kappa shape index (κ1) is 27.1. The van der Waals surface area contributed by atoms with Gasteiger partial charge in [0.15, 0.2) is 5.78 Å². The first-order chi connectivity index (χ1) is 19.3. The van der Waals surface area contributed by atoms with Crippen molar-refractivity contribution in [1.82, 2.24) is 10.6 Å². The van der Waals surface area contributed by atoms with Crippen LogP contribution in [0, 0.1) is 5.82 Å². The Balaban J connectivity index is 1.66. The van der Waals surface area contributed by atoms with E-state index in [1.807, 2.05) is 30.3 Å². The molecular weight excluding hydrogens is 509 g/mol. The van der Waals surface area contributed by atoms with E-state index in [0.29, 0.717) is 40.0 Å². The number of nitrogens with zero attached hydrogens (tertiary/aromatic N) is 1. The lowest BCUT2D eigenvalue weighted by Gasteiger charge is -2.24. The molecule has 0 spiro atoms. The van der Waals surface area contributed by atoms with E-state index in [2.05, 4.69) is 29.4 Å². The zero-order valence-corrected chi connectivity index (χ0v) is 22.8. The highest BCUT2D eigenvalue weighted by Gasteiger charge is 2.26. The van der Waals surface area contributed by atoms with E-state index in [4.69, 9.17) is 4.42 Å². The molecule has 1 saturated heterocycles. The number of Topliss-reactive ketones (excluding diaryl/α,β-unsaturated/α-hetero) is 1. The normalized spacial score (nSPS) is 14.8. The molecule has 3 aromatic carbocycles. The number of ketones is 1. The smallest absolute Gasteiger partial charge is 0.251 e. The Labute approximate surface area is 232 Å². The van der Waals surface area contributed by atoms with Crippen LogP contribution in [0.25, 0.3) is 33.4 Å². The van der Waals surface area contributed by atoms with Gasteiger partial charge in [0.1, 0.15) is 17.2 Å². The summed E-state index contributed by atoms with van der Waals surface area (Å²) in [5.41, 5.74) is 4.72. The van der Waals surface area contributed by atoms with Crippen molar-refractivity contribution in [1.29, 1.82) is 0 Å². The van der Waals surface area contributed by atoms with E-state index in [0.717, 1.165) is 29.9 Å². The second-order valence-corrected chi connectivity index (χ2v) is 9.89. The monoisotopic (exact) mass is 541 g/mol. The first-order valence-electron chi connectivity index (χ1n) is 13.7. The van der Waals surface area contributed by atoms with Crippen LogP contribution in [0.2, 0.25) is 0 Å². The van der Waals surface area contributed by atoms with Gasteiger partial charge in [-0.05, 0) is 61.9 Å². The minimum Gasteiger partial charge on any atom is -0.455 e. The van der Waals surface area contributed by atoms with E-state index in [1.54, 1.807) is 25.1 Å². The molecule has 2 N–H and O–H groups in total. The zero-order chi connectivity index (χ0) is 28.4. The van der Waals surface area contributed by atoms with Crippen LogP contribution in [-0.2, 0) is 4.79 Å². The first-order valence-corrected chi connectivity index (χ1v) is 13.7. The quantitative estimate of drug-likeness (QED) is 0.255. The Bertz CT molecular complexity index is 1590. The molecule has 8 heteroatoms. The molecule has 0 bridgehead atoms. The van der Waals surface area contributed by atoms with Gasteiger partial charge < -0.3 is 20.0 Å². The summed E-state index contributed by atoms with van der Waals surface area (Å²) in [5.74, 6) is -0.356. The molecule has 0 radical (unpaired) electrons. The van der Waals surface area contributed by atoms with Gasteiger partial charge in [0.2, 0.25) is 5.91 Å². The van der Waals surface area contributed by atoms with Crippen molar-refractivity contribution >= 4 is 34.3 Å². The molecule has 5 rings (SSSR count). The van der Waals surface area contributed by atoms with E-state index in [9.17, 15) is 18.8 Å². The summed E-state index contributed by atoms with van der Waals surface area (Å²) in [6, 6.07) is 16.9. The van der Waals surface area contributed by atoms with Crippen molar-refractivity contribution in [2.24, 2.45) is 0 Å². The predicted octanol–water partition coefficient (Wildman–Crippen LogP) is 5.96. The van der Waals surface area contributed by atoms with Gasteiger partial charge in [0.05, 0.1) is 11.6 Å². The maximum Gasteiger partial charge on any atom is 0.251 e. The average Bonchev–Trinajstić information content (AvgIpc) is 3.55. The fraction of sp³-hybridized carbons (Fsp3) is 0.281. The van der Waals surface area contributed by atoms with Crippen molar-refractivity contribution < 1.29 is 23.2 Å². The molecule has 0 aliphatic carbocycles. The largest absolute Gasteiger partial charge is 0.455 e. The molecule has 0 saturated carbocycles. The molecule has 1 atom stereocenters. The predicted molar refractivity (Wildman–Crippen MR) is 154 cm³/mol. The fourth-order valence-electron chi connectivity index (χ4n) is 5.25. The third-order valence-corrected chi connectivity index (χ3v) is 7.37. The van der Waals surface area contributed by atoms with Gasteiger partial charge in [0.25, 0.3) is 5.91 Å². The highest BCUT2D eigenvalue weighted by molar-refractivity contribution is 6.13. The number of carbonyl (C=O) groups is 3. The molecular formula is C32H32FN3O4. The molecule has 7 nitrogen and oxygen atoms in total. The minimum atomic E-state index is -0.367. The molecule has 2 heterocycles. The number of fused-ring (bicyclic) bond motifs is 1. The molecule has 40 heavy (non-hydrogen) atoms. The van der Waals surface area contributed by atoms with Crippen LogP contribution >= 0.6 is 0 Å². The van der Waals surface area contributed by atoms with Gasteiger partial charge >= 0.3 is 0 Å². The van der Waals surface area contributed by atoms with Gasteiger partial charge in [-0.2, -0.15) is 0 Å². The number of furan rings is 1. The lowest BCUT2D eigenvalue weighted by atomic mass is 9.95. The van der Waals surface area contributed by atoms with E-state index in [-0.39, 0.29) is 42.3 Å². The summed E-state index contributed by atoms with van der Waals surface area (Å²) in [6.07, 6.45) is 0.545. The second-order valence-electron chi connectivity index (χ2n) is 9.89. The Hall–Kier alpha value is -4.46. The van der Waals surface area contributed by atoms with Crippen LogP contribution in [-0.4, -0.2) is 43.3 Å². The van der Waals surface area contributed by atoms with E-state index < -0.39 is 0 Å². The number of carbonyl (C=O) groups excluding carboxylic acids is 3. The Kier molecular flexibility index (Phi) is 7.69. The van der Waals surface area contributed by atoms with Crippen LogP contribution in [0.15, 0.2) is 65.1 Å². The van der Waals surface area contributed by atoms with Gasteiger partial charge in [-0.25, -0.2) is 4.39 Å². The molecule has 1 unspecified atom stereocenters. The Morgan fingerprint density at radius 1 is 1.02 bits per heavy atom.